The van der Waals surface area contributed by atoms with Crippen LogP contribution in [0.2, 0.25) is 0 Å². The Morgan fingerprint density at radius 1 is 0.903 bits per heavy atom. The molecule has 0 fully saturated rings. The lowest BCUT2D eigenvalue weighted by molar-refractivity contribution is -0.143. The van der Waals surface area contributed by atoms with Gasteiger partial charge in [0.15, 0.2) is 0 Å². The summed E-state index contributed by atoms with van der Waals surface area (Å²) in [4.78, 5) is 75.8. The van der Waals surface area contributed by atoms with E-state index in [1.165, 1.54) is 12.5 Å². The molecule has 0 spiro atoms. The van der Waals surface area contributed by atoms with E-state index >= 15 is 0 Å². The summed E-state index contributed by atoms with van der Waals surface area (Å²) in [6.07, 6.45) is 0.987. The fourth-order valence-electron chi connectivity index (χ4n) is 2.33. The lowest BCUT2D eigenvalue weighted by Crippen LogP contribution is -2.57. The monoisotopic (exact) mass is 442 g/mol. The number of carbonyl (C=O) groups excluding carboxylic acids is 3. The van der Waals surface area contributed by atoms with Crippen molar-refractivity contribution in [3.63, 3.8) is 0 Å². The lowest BCUT2D eigenvalue weighted by atomic mass is 10.1. The molecule has 170 valence electrons. The minimum Gasteiger partial charge on any atom is -0.481 e. The molecule has 0 saturated carbocycles. The molecule has 1 heterocycles. The number of nitrogens with zero attached hydrogens (tertiary/aromatic N) is 1. The van der Waals surface area contributed by atoms with Crippen molar-refractivity contribution in [2.24, 2.45) is 5.73 Å². The van der Waals surface area contributed by atoms with E-state index in [1.807, 2.05) is 10.6 Å². The topological polar surface area (TPSA) is 254 Å². The number of carbonyl (C=O) groups is 6. The summed E-state index contributed by atoms with van der Waals surface area (Å²) in [5.74, 6) is -7.52. The van der Waals surface area contributed by atoms with Gasteiger partial charge in [-0.05, 0) is 0 Å². The summed E-state index contributed by atoms with van der Waals surface area (Å²) in [7, 11) is 0. The van der Waals surface area contributed by atoms with Crippen molar-refractivity contribution >= 4 is 35.6 Å². The van der Waals surface area contributed by atoms with Crippen molar-refractivity contribution in [3.8, 4) is 0 Å². The largest absolute Gasteiger partial charge is 0.481 e. The van der Waals surface area contributed by atoms with Crippen LogP contribution < -0.4 is 21.7 Å². The Bertz CT molecular complexity index is 826. The van der Waals surface area contributed by atoms with Crippen LogP contribution in [0, 0.1) is 0 Å². The Labute approximate surface area is 174 Å². The van der Waals surface area contributed by atoms with Crippen LogP contribution in [0.4, 0.5) is 0 Å². The summed E-state index contributed by atoms with van der Waals surface area (Å²) >= 11 is 0. The summed E-state index contributed by atoms with van der Waals surface area (Å²) in [6.45, 7) is -0.831. The first-order valence-corrected chi connectivity index (χ1v) is 8.76. The Balaban J connectivity index is 2.86. The highest BCUT2D eigenvalue weighted by molar-refractivity contribution is 5.96. The number of imidazole rings is 1. The summed E-state index contributed by atoms with van der Waals surface area (Å²) in [5, 5.41) is 32.6. The smallest absolute Gasteiger partial charge is 0.322 e. The van der Waals surface area contributed by atoms with E-state index < -0.39 is 73.1 Å². The van der Waals surface area contributed by atoms with Gasteiger partial charge in [0.2, 0.25) is 17.7 Å². The molecule has 0 bridgehead atoms. The maximum absolute atomic E-state index is 12.5. The highest BCUT2D eigenvalue weighted by Gasteiger charge is 2.31. The highest BCUT2D eigenvalue weighted by Crippen LogP contribution is 2.01. The van der Waals surface area contributed by atoms with Crippen LogP contribution in [0.1, 0.15) is 18.5 Å². The average Bonchev–Trinajstić information content (AvgIpc) is 3.17. The molecule has 31 heavy (non-hydrogen) atoms. The van der Waals surface area contributed by atoms with Gasteiger partial charge in [0.25, 0.3) is 0 Å². The number of nitrogens with one attached hydrogen (secondary N) is 4. The maximum Gasteiger partial charge on any atom is 0.322 e. The van der Waals surface area contributed by atoms with Gasteiger partial charge in [0.05, 0.1) is 25.2 Å². The number of carboxylic acid groups (broad SMARTS) is 3. The van der Waals surface area contributed by atoms with Crippen LogP contribution in [-0.4, -0.2) is 85.6 Å². The van der Waals surface area contributed by atoms with E-state index in [4.69, 9.17) is 21.1 Å². The van der Waals surface area contributed by atoms with E-state index in [0.29, 0.717) is 5.69 Å². The predicted molar refractivity (Wildman–Crippen MR) is 99.3 cm³/mol. The Morgan fingerprint density at radius 3 is 1.94 bits per heavy atom. The second-order valence-corrected chi connectivity index (χ2v) is 6.32. The molecule has 1 rings (SSSR count). The number of amides is 3. The molecule has 1 aromatic heterocycles. The fraction of sp³-hybridized carbons (Fsp3) is 0.438. The van der Waals surface area contributed by atoms with Crippen LogP contribution in [0.15, 0.2) is 12.5 Å². The van der Waals surface area contributed by atoms with Crippen molar-refractivity contribution in [3.05, 3.63) is 18.2 Å². The molecule has 3 atom stereocenters. The minimum atomic E-state index is -1.71. The van der Waals surface area contributed by atoms with E-state index in [2.05, 4.69) is 15.3 Å². The number of hydrogen-bond donors (Lipinski definition) is 8. The van der Waals surface area contributed by atoms with Crippen LogP contribution >= 0.6 is 0 Å². The Kier molecular flexibility index (Phi) is 9.58. The van der Waals surface area contributed by atoms with Crippen molar-refractivity contribution in [2.45, 2.75) is 37.4 Å². The lowest BCUT2D eigenvalue weighted by Gasteiger charge is -2.22. The third kappa shape index (κ3) is 9.35. The van der Waals surface area contributed by atoms with Gasteiger partial charge in [0, 0.05) is 18.3 Å². The minimum absolute atomic E-state index is 0.00643. The van der Waals surface area contributed by atoms with E-state index in [9.17, 15) is 28.8 Å². The SMILES string of the molecule is NC(Cc1cnc[nH]1)C(=O)NC(CC(=O)O)C(=O)NC(CC(=O)O)C(=O)NCC(=O)O. The standard InChI is InChI=1S/C16H22N6O9/c17-8(1-7-4-18-6-20-7)14(29)21-10(3-12(25)26)16(31)22-9(2-11(23)24)15(30)19-5-13(27)28/h4,6,8-10H,1-3,5,17H2,(H,18,20)(H,19,30)(H,21,29)(H,22,31)(H,23,24)(H,25,26)(H,27,28). The first kappa shape index (κ1) is 25.0. The van der Waals surface area contributed by atoms with Crippen LogP contribution in [0.5, 0.6) is 0 Å². The summed E-state index contributed by atoms with van der Waals surface area (Å²) < 4.78 is 0. The number of nitrogens with two attached hydrogens (primary N) is 1. The average molecular weight is 442 g/mol. The molecule has 9 N–H and O–H groups in total. The number of carboxylic acids is 3. The van der Waals surface area contributed by atoms with Gasteiger partial charge >= 0.3 is 17.9 Å². The normalized spacial score (nSPS) is 13.3. The molecular formula is C16H22N6O9. The van der Waals surface area contributed by atoms with Crippen molar-refractivity contribution in [1.29, 1.82) is 0 Å². The van der Waals surface area contributed by atoms with Gasteiger partial charge < -0.3 is 42.0 Å². The number of aromatic amines is 1. The van der Waals surface area contributed by atoms with Crippen LogP contribution in [0.25, 0.3) is 0 Å². The first-order valence-electron chi connectivity index (χ1n) is 8.76. The molecular weight excluding hydrogens is 420 g/mol. The molecule has 0 radical (unpaired) electrons. The summed E-state index contributed by atoms with van der Waals surface area (Å²) in [6, 6.07) is -4.56. The number of H-pyrrole nitrogens is 1. The molecule has 0 saturated heterocycles. The Morgan fingerprint density at radius 2 is 1.45 bits per heavy atom. The van der Waals surface area contributed by atoms with E-state index in [-0.39, 0.29) is 6.42 Å². The maximum atomic E-state index is 12.5. The molecule has 15 heteroatoms. The molecule has 0 aliphatic rings. The second-order valence-electron chi connectivity index (χ2n) is 6.32. The third-order valence-corrected chi connectivity index (χ3v) is 3.77. The van der Waals surface area contributed by atoms with Crippen molar-refractivity contribution < 1.29 is 44.1 Å². The molecule has 0 aliphatic heterocycles. The third-order valence-electron chi connectivity index (χ3n) is 3.77. The number of aliphatic carboxylic acids is 3. The van der Waals surface area contributed by atoms with Gasteiger partial charge in [-0.2, -0.15) is 0 Å². The molecule has 15 nitrogen and oxygen atoms in total. The number of hydrogen-bond acceptors (Lipinski definition) is 8. The zero-order chi connectivity index (χ0) is 23.6. The van der Waals surface area contributed by atoms with Crippen molar-refractivity contribution in [1.82, 2.24) is 25.9 Å². The number of rotatable bonds is 13. The molecule has 0 aliphatic carbocycles. The van der Waals surface area contributed by atoms with Gasteiger partial charge in [0.1, 0.15) is 18.6 Å². The zero-order valence-corrected chi connectivity index (χ0v) is 16.0. The predicted octanol–water partition coefficient (Wildman–Crippen LogP) is -3.60. The van der Waals surface area contributed by atoms with E-state index in [0.717, 1.165) is 0 Å². The van der Waals surface area contributed by atoms with E-state index in [1.54, 1.807) is 0 Å². The molecule has 3 amide bonds. The molecule has 1 aromatic rings. The highest BCUT2D eigenvalue weighted by atomic mass is 16.4. The van der Waals surface area contributed by atoms with Gasteiger partial charge in [-0.3, -0.25) is 28.8 Å². The number of aromatic nitrogens is 2. The quantitative estimate of drug-likeness (QED) is 0.148. The molecule has 3 unspecified atom stereocenters. The van der Waals surface area contributed by atoms with Gasteiger partial charge in [-0.1, -0.05) is 0 Å². The van der Waals surface area contributed by atoms with Crippen LogP contribution in [0.3, 0.4) is 0 Å². The Hall–Kier alpha value is -4.01. The van der Waals surface area contributed by atoms with Gasteiger partial charge in [-0.25, -0.2) is 4.98 Å². The fourth-order valence-corrected chi connectivity index (χ4v) is 2.33. The molecule has 0 aromatic carbocycles. The first-order chi connectivity index (χ1) is 14.5. The second kappa shape index (κ2) is 11.9. The van der Waals surface area contributed by atoms with Gasteiger partial charge in [-0.15, -0.1) is 0 Å². The summed E-state index contributed by atoms with van der Waals surface area (Å²) in [5.41, 5.74) is 6.25. The zero-order valence-electron chi connectivity index (χ0n) is 16.0. The van der Waals surface area contributed by atoms with Crippen molar-refractivity contribution in [2.75, 3.05) is 6.54 Å². The van der Waals surface area contributed by atoms with Crippen LogP contribution in [-0.2, 0) is 35.2 Å².